The molecule has 1 heterocycles. The maximum atomic E-state index is 3.72. The second kappa shape index (κ2) is 6.07. The van der Waals surface area contributed by atoms with Crippen LogP contribution in [0.15, 0.2) is 22.7 Å². The van der Waals surface area contributed by atoms with Gasteiger partial charge in [-0.15, -0.1) is 0 Å². The minimum absolute atomic E-state index is 0.566. The van der Waals surface area contributed by atoms with Crippen molar-refractivity contribution in [2.45, 2.75) is 45.7 Å². The summed E-state index contributed by atoms with van der Waals surface area (Å²) in [4.78, 5) is 2.50. The number of anilines is 1. The van der Waals surface area contributed by atoms with Gasteiger partial charge in [-0.05, 0) is 47.3 Å². The van der Waals surface area contributed by atoms with Gasteiger partial charge in [-0.25, -0.2) is 0 Å². The SMILES string of the molecule is Cc1cccc(N2CCCC(NC(C)C)C2)c1Br. The van der Waals surface area contributed by atoms with Crippen molar-refractivity contribution in [1.82, 2.24) is 5.32 Å². The molecular weight excluding hydrogens is 288 g/mol. The summed E-state index contributed by atoms with van der Waals surface area (Å²) in [5.74, 6) is 0. The molecule has 0 spiro atoms. The standard InChI is InChI=1S/C15H23BrN2/c1-11(2)17-13-7-5-9-18(10-13)14-8-4-6-12(3)15(14)16/h4,6,8,11,13,17H,5,7,9-10H2,1-3H3. The summed E-state index contributed by atoms with van der Waals surface area (Å²) in [6.07, 6.45) is 2.56. The maximum Gasteiger partial charge on any atom is 0.0513 e. The third-order valence-corrected chi connectivity index (χ3v) is 4.53. The summed E-state index contributed by atoms with van der Waals surface area (Å²) in [5.41, 5.74) is 2.65. The van der Waals surface area contributed by atoms with Crippen LogP contribution in [0.1, 0.15) is 32.3 Å². The lowest BCUT2D eigenvalue weighted by molar-refractivity contribution is 0.394. The molecule has 1 aromatic rings. The Hall–Kier alpha value is -0.540. The Morgan fingerprint density at radius 3 is 2.89 bits per heavy atom. The molecule has 1 saturated heterocycles. The molecule has 100 valence electrons. The monoisotopic (exact) mass is 310 g/mol. The van der Waals surface area contributed by atoms with Gasteiger partial charge in [0, 0.05) is 29.6 Å². The number of hydrogen-bond donors (Lipinski definition) is 1. The van der Waals surface area contributed by atoms with Crippen LogP contribution in [-0.2, 0) is 0 Å². The summed E-state index contributed by atoms with van der Waals surface area (Å²) >= 11 is 3.72. The topological polar surface area (TPSA) is 15.3 Å². The van der Waals surface area contributed by atoms with Crippen LogP contribution in [0.4, 0.5) is 5.69 Å². The average Bonchev–Trinajstić information content (AvgIpc) is 2.32. The Labute approximate surface area is 119 Å². The van der Waals surface area contributed by atoms with E-state index in [0.717, 1.165) is 6.54 Å². The number of halogens is 1. The van der Waals surface area contributed by atoms with Crippen molar-refractivity contribution >= 4 is 21.6 Å². The third-order valence-electron chi connectivity index (χ3n) is 3.50. The molecule has 1 atom stereocenters. The van der Waals surface area contributed by atoms with Crippen LogP contribution in [0.2, 0.25) is 0 Å². The zero-order chi connectivity index (χ0) is 13.1. The van der Waals surface area contributed by atoms with Gasteiger partial charge in [0.15, 0.2) is 0 Å². The Bertz CT molecular complexity index is 403. The van der Waals surface area contributed by atoms with Gasteiger partial charge >= 0.3 is 0 Å². The Morgan fingerprint density at radius 1 is 1.39 bits per heavy atom. The zero-order valence-electron chi connectivity index (χ0n) is 11.5. The molecule has 1 fully saturated rings. The van der Waals surface area contributed by atoms with Crippen LogP contribution in [0, 0.1) is 6.92 Å². The van der Waals surface area contributed by atoms with Crippen molar-refractivity contribution in [3.05, 3.63) is 28.2 Å². The molecule has 0 amide bonds. The second-order valence-corrected chi connectivity index (χ2v) is 6.31. The van der Waals surface area contributed by atoms with Crippen molar-refractivity contribution in [3.63, 3.8) is 0 Å². The van der Waals surface area contributed by atoms with E-state index in [1.807, 2.05) is 0 Å². The summed E-state index contributed by atoms with van der Waals surface area (Å²) < 4.78 is 1.25. The van der Waals surface area contributed by atoms with Crippen LogP contribution in [0.25, 0.3) is 0 Å². The first-order valence-electron chi connectivity index (χ1n) is 6.84. The molecule has 1 aliphatic heterocycles. The molecule has 1 unspecified atom stereocenters. The van der Waals surface area contributed by atoms with Gasteiger partial charge < -0.3 is 10.2 Å². The normalized spacial score (nSPS) is 20.5. The minimum atomic E-state index is 0.566. The highest BCUT2D eigenvalue weighted by molar-refractivity contribution is 9.10. The Morgan fingerprint density at radius 2 is 2.17 bits per heavy atom. The first-order chi connectivity index (χ1) is 8.58. The lowest BCUT2D eigenvalue weighted by Crippen LogP contribution is -2.48. The van der Waals surface area contributed by atoms with E-state index < -0.39 is 0 Å². The van der Waals surface area contributed by atoms with Crippen LogP contribution in [-0.4, -0.2) is 25.2 Å². The number of rotatable bonds is 3. The molecule has 1 N–H and O–H groups in total. The molecule has 2 rings (SSSR count). The van der Waals surface area contributed by atoms with Crippen molar-refractivity contribution in [2.24, 2.45) is 0 Å². The molecular formula is C15H23BrN2. The molecule has 0 aromatic heterocycles. The number of nitrogens with one attached hydrogen (secondary N) is 1. The predicted molar refractivity (Wildman–Crippen MR) is 82.4 cm³/mol. The molecule has 1 aliphatic rings. The fourth-order valence-electron chi connectivity index (χ4n) is 2.68. The van der Waals surface area contributed by atoms with E-state index in [1.54, 1.807) is 0 Å². The van der Waals surface area contributed by atoms with Gasteiger partial charge in [-0.2, -0.15) is 0 Å². The average molecular weight is 311 g/mol. The second-order valence-electron chi connectivity index (χ2n) is 5.51. The highest BCUT2D eigenvalue weighted by Gasteiger charge is 2.21. The van der Waals surface area contributed by atoms with Crippen molar-refractivity contribution < 1.29 is 0 Å². The maximum absolute atomic E-state index is 3.72. The van der Waals surface area contributed by atoms with Gasteiger partial charge in [0.25, 0.3) is 0 Å². The largest absolute Gasteiger partial charge is 0.369 e. The number of benzene rings is 1. The van der Waals surface area contributed by atoms with Crippen molar-refractivity contribution in [1.29, 1.82) is 0 Å². The Kier molecular flexibility index (Phi) is 4.68. The van der Waals surface area contributed by atoms with Crippen LogP contribution in [0.3, 0.4) is 0 Å². The molecule has 0 saturated carbocycles. The molecule has 0 aliphatic carbocycles. The van der Waals surface area contributed by atoms with Gasteiger partial charge in [0.1, 0.15) is 0 Å². The quantitative estimate of drug-likeness (QED) is 0.915. The first-order valence-corrected chi connectivity index (χ1v) is 7.63. The van der Waals surface area contributed by atoms with Crippen molar-refractivity contribution in [3.8, 4) is 0 Å². The number of hydrogen-bond acceptors (Lipinski definition) is 2. The summed E-state index contributed by atoms with van der Waals surface area (Å²) in [5, 5.41) is 3.66. The first kappa shape index (κ1) is 13.9. The minimum Gasteiger partial charge on any atom is -0.369 e. The van der Waals surface area contributed by atoms with Crippen LogP contribution >= 0.6 is 15.9 Å². The smallest absolute Gasteiger partial charge is 0.0513 e. The van der Waals surface area contributed by atoms with Gasteiger partial charge in [-0.3, -0.25) is 0 Å². The molecule has 3 heteroatoms. The lowest BCUT2D eigenvalue weighted by Gasteiger charge is -2.36. The van der Waals surface area contributed by atoms with Gasteiger partial charge in [0.05, 0.1) is 5.69 Å². The van der Waals surface area contributed by atoms with Crippen molar-refractivity contribution in [2.75, 3.05) is 18.0 Å². The van der Waals surface area contributed by atoms with Crippen LogP contribution in [0.5, 0.6) is 0 Å². The van der Waals surface area contributed by atoms with E-state index >= 15 is 0 Å². The van der Waals surface area contributed by atoms with E-state index in [2.05, 4.69) is 65.1 Å². The third kappa shape index (κ3) is 3.27. The molecule has 2 nitrogen and oxygen atoms in total. The van der Waals surface area contributed by atoms with E-state index in [-0.39, 0.29) is 0 Å². The molecule has 0 bridgehead atoms. The van der Waals surface area contributed by atoms with E-state index in [0.29, 0.717) is 12.1 Å². The molecule has 1 aromatic carbocycles. The van der Waals surface area contributed by atoms with E-state index in [1.165, 1.54) is 35.1 Å². The number of nitrogens with zero attached hydrogens (tertiary/aromatic N) is 1. The van der Waals surface area contributed by atoms with Gasteiger partial charge in [0.2, 0.25) is 0 Å². The highest BCUT2D eigenvalue weighted by Crippen LogP contribution is 2.31. The fourth-order valence-corrected chi connectivity index (χ4v) is 3.19. The zero-order valence-corrected chi connectivity index (χ0v) is 13.1. The number of piperidine rings is 1. The molecule has 0 radical (unpaired) electrons. The highest BCUT2D eigenvalue weighted by atomic mass is 79.9. The molecule has 18 heavy (non-hydrogen) atoms. The van der Waals surface area contributed by atoms with E-state index in [9.17, 15) is 0 Å². The Balaban J connectivity index is 2.11. The summed E-state index contributed by atoms with van der Waals surface area (Å²) in [7, 11) is 0. The summed E-state index contributed by atoms with van der Waals surface area (Å²) in [6, 6.07) is 7.70. The predicted octanol–water partition coefficient (Wildman–Crippen LogP) is 3.72. The lowest BCUT2D eigenvalue weighted by atomic mass is 10.0. The van der Waals surface area contributed by atoms with Gasteiger partial charge in [-0.1, -0.05) is 26.0 Å². The summed E-state index contributed by atoms with van der Waals surface area (Å²) in [6.45, 7) is 8.88. The number of aryl methyl sites for hydroxylation is 1. The van der Waals surface area contributed by atoms with Crippen LogP contribution < -0.4 is 10.2 Å². The fraction of sp³-hybridized carbons (Fsp3) is 0.600. The van der Waals surface area contributed by atoms with E-state index in [4.69, 9.17) is 0 Å².